The predicted molar refractivity (Wildman–Crippen MR) is 46.5 cm³/mol. The third-order valence-corrected chi connectivity index (χ3v) is 1.79. The molecule has 0 atom stereocenters. The second-order valence-electron chi connectivity index (χ2n) is 2.61. The molecule has 14 heavy (non-hydrogen) atoms. The molecule has 0 aliphatic rings. The molecule has 3 N–H and O–H groups in total. The predicted octanol–water partition coefficient (Wildman–Crippen LogP) is 0.780. The molecule has 0 saturated heterocycles. The summed E-state index contributed by atoms with van der Waals surface area (Å²) in [5, 5.41) is 0. The highest BCUT2D eigenvalue weighted by Gasteiger charge is 2.17. The lowest BCUT2D eigenvalue weighted by Crippen LogP contribution is -2.14. The molecule has 6 heteroatoms. The molecule has 0 unspecified atom stereocenters. The van der Waals surface area contributed by atoms with Gasteiger partial charge in [-0.15, -0.1) is 0 Å². The van der Waals surface area contributed by atoms with Crippen LogP contribution in [0.5, 0.6) is 5.88 Å². The minimum atomic E-state index is -2.73. The Kier molecular flexibility index (Phi) is 3.19. The molecule has 78 valence electrons. The second kappa shape index (κ2) is 4.19. The van der Waals surface area contributed by atoms with Crippen LogP contribution in [-0.4, -0.2) is 12.1 Å². The van der Waals surface area contributed by atoms with Crippen LogP contribution < -0.4 is 16.0 Å². The number of ether oxygens (including phenoxy) is 1. The molecule has 0 amide bonds. The van der Waals surface area contributed by atoms with Crippen molar-refractivity contribution in [1.29, 1.82) is 0 Å². The molecular formula is C8H10F2N2O2. The summed E-state index contributed by atoms with van der Waals surface area (Å²) in [7, 11) is 1.28. The molecule has 1 heterocycles. The van der Waals surface area contributed by atoms with Crippen molar-refractivity contribution >= 4 is 0 Å². The van der Waals surface area contributed by atoms with Crippen LogP contribution in [0.15, 0.2) is 10.9 Å². The van der Waals surface area contributed by atoms with Crippen molar-refractivity contribution in [2.45, 2.75) is 13.0 Å². The molecule has 1 aromatic heterocycles. The minimum absolute atomic E-state index is 0.00435. The van der Waals surface area contributed by atoms with E-state index in [1.54, 1.807) is 0 Å². The number of halogens is 2. The van der Waals surface area contributed by atoms with Crippen molar-refractivity contribution < 1.29 is 13.5 Å². The van der Waals surface area contributed by atoms with Gasteiger partial charge in [0.2, 0.25) is 0 Å². The van der Waals surface area contributed by atoms with Gasteiger partial charge in [0.05, 0.1) is 7.11 Å². The standard InChI is InChI=1S/C8H10F2N2O2/c1-14-8-5(3-11)4(7(9)10)2-6(13)12-8/h2,7H,3,11H2,1H3,(H,12,13). The van der Waals surface area contributed by atoms with Gasteiger partial charge in [0.15, 0.2) is 5.88 Å². The molecule has 0 radical (unpaired) electrons. The van der Waals surface area contributed by atoms with E-state index in [4.69, 9.17) is 10.5 Å². The first-order valence-electron chi connectivity index (χ1n) is 3.88. The summed E-state index contributed by atoms with van der Waals surface area (Å²) < 4.78 is 29.6. The van der Waals surface area contributed by atoms with Gasteiger partial charge in [-0.25, -0.2) is 8.78 Å². The van der Waals surface area contributed by atoms with E-state index in [0.29, 0.717) is 0 Å². The number of rotatable bonds is 3. The number of alkyl halides is 2. The first kappa shape index (κ1) is 10.6. The molecule has 0 fully saturated rings. The number of aromatic amines is 1. The van der Waals surface area contributed by atoms with E-state index in [1.165, 1.54) is 7.11 Å². The van der Waals surface area contributed by atoms with Crippen molar-refractivity contribution in [3.05, 3.63) is 27.5 Å². The number of methoxy groups -OCH3 is 1. The Morgan fingerprint density at radius 3 is 2.71 bits per heavy atom. The van der Waals surface area contributed by atoms with Gasteiger partial charge in [0.25, 0.3) is 12.0 Å². The fourth-order valence-electron chi connectivity index (χ4n) is 1.16. The average molecular weight is 204 g/mol. The van der Waals surface area contributed by atoms with E-state index < -0.39 is 12.0 Å². The Bertz CT molecular complexity index is 376. The van der Waals surface area contributed by atoms with Gasteiger partial charge in [-0.2, -0.15) is 0 Å². The molecule has 0 spiro atoms. The van der Waals surface area contributed by atoms with E-state index in [9.17, 15) is 13.6 Å². The van der Waals surface area contributed by atoms with Gasteiger partial charge in [-0.1, -0.05) is 0 Å². The zero-order chi connectivity index (χ0) is 10.7. The van der Waals surface area contributed by atoms with Gasteiger partial charge in [-0.05, 0) is 0 Å². The number of H-pyrrole nitrogens is 1. The fraction of sp³-hybridized carbons (Fsp3) is 0.375. The number of pyridine rings is 1. The van der Waals surface area contributed by atoms with Crippen LogP contribution in [0.3, 0.4) is 0 Å². The highest BCUT2D eigenvalue weighted by molar-refractivity contribution is 5.35. The lowest BCUT2D eigenvalue weighted by Gasteiger charge is -2.10. The summed E-state index contributed by atoms with van der Waals surface area (Å²) in [6.07, 6.45) is -2.73. The zero-order valence-electron chi connectivity index (χ0n) is 7.51. The van der Waals surface area contributed by atoms with Gasteiger partial charge in [-0.3, -0.25) is 9.78 Å². The lowest BCUT2D eigenvalue weighted by molar-refractivity contribution is 0.149. The van der Waals surface area contributed by atoms with Gasteiger partial charge < -0.3 is 10.5 Å². The van der Waals surface area contributed by atoms with Gasteiger partial charge in [0, 0.05) is 23.7 Å². The Labute approximate surface area is 78.7 Å². The number of nitrogens with two attached hydrogens (primary N) is 1. The second-order valence-corrected chi connectivity index (χ2v) is 2.61. The van der Waals surface area contributed by atoms with Crippen LogP contribution in [0.4, 0.5) is 8.78 Å². The monoisotopic (exact) mass is 204 g/mol. The minimum Gasteiger partial charge on any atom is -0.482 e. The van der Waals surface area contributed by atoms with E-state index in [2.05, 4.69) is 4.98 Å². The van der Waals surface area contributed by atoms with Crippen molar-refractivity contribution in [3.8, 4) is 5.88 Å². The molecule has 1 aromatic rings. The first-order chi connectivity index (χ1) is 6.60. The maximum absolute atomic E-state index is 12.4. The van der Waals surface area contributed by atoms with Crippen molar-refractivity contribution in [1.82, 2.24) is 4.98 Å². The van der Waals surface area contributed by atoms with E-state index in [0.717, 1.165) is 6.07 Å². The number of hydrogen-bond donors (Lipinski definition) is 2. The molecule has 0 aliphatic heterocycles. The summed E-state index contributed by atoms with van der Waals surface area (Å²) >= 11 is 0. The third-order valence-electron chi connectivity index (χ3n) is 1.79. The Morgan fingerprint density at radius 1 is 1.64 bits per heavy atom. The van der Waals surface area contributed by atoms with Crippen LogP contribution >= 0.6 is 0 Å². The smallest absolute Gasteiger partial charge is 0.264 e. The number of nitrogens with one attached hydrogen (secondary N) is 1. The van der Waals surface area contributed by atoms with Crippen LogP contribution in [0, 0.1) is 0 Å². The highest BCUT2D eigenvalue weighted by Crippen LogP contribution is 2.25. The summed E-state index contributed by atoms with van der Waals surface area (Å²) in [6.45, 7) is -0.111. The largest absolute Gasteiger partial charge is 0.482 e. The number of hydrogen-bond acceptors (Lipinski definition) is 3. The molecule has 0 bridgehead atoms. The van der Waals surface area contributed by atoms with Crippen molar-refractivity contribution in [2.75, 3.05) is 7.11 Å². The van der Waals surface area contributed by atoms with E-state index >= 15 is 0 Å². The molecule has 4 nitrogen and oxygen atoms in total. The van der Waals surface area contributed by atoms with Crippen LogP contribution in [0.2, 0.25) is 0 Å². The fourth-order valence-corrected chi connectivity index (χ4v) is 1.16. The summed E-state index contributed by atoms with van der Waals surface area (Å²) in [5.41, 5.74) is 4.39. The quantitative estimate of drug-likeness (QED) is 0.764. The zero-order valence-corrected chi connectivity index (χ0v) is 7.51. The Balaban J connectivity index is 3.39. The van der Waals surface area contributed by atoms with E-state index in [1.807, 2.05) is 0 Å². The van der Waals surface area contributed by atoms with Gasteiger partial charge in [0.1, 0.15) is 0 Å². The van der Waals surface area contributed by atoms with Crippen LogP contribution in [0.25, 0.3) is 0 Å². The molecule has 1 rings (SSSR count). The summed E-state index contributed by atoms with van der Waals surface area (Å²) in [6, 6.07) is 0.829. The van der Waals surface area contributed by atoms with E-state index in [-0.39, 0.29) is 23.6 Å². The van der Waals surface area contributed by atoms with Crippen LogP contribution in [0.1, 0.15) is 17.6 Å². The van der Waals surface area contributed by atoms with Crippen LogP contribution in [-0.2, 0) is 6.54 Å². The highest BCUT2D eigenvalue weighted by atomic mass is 19.3. The average Bonchev–Trinajstić information content (AvgIpc) is 2.16. The van der Waals surface area contributed by atoms with Crippen molar-refractivity contribution in [3.63, 3.8) is 0 Å². The van der Waals surface area contributed by atoms with Crippen molar-refractivity contribution in [2.24, 2.45) is 5.73 Å². The molecule has 0 aromatic carbocycles. The Morgan fingerprint density at radius 2 is 2.29 bits per heavy atom. The Hall–Kier alpha value is -1.43. The maximum Gasteiger partial charge on any atom is 0.264 e. The number of aromatic nitrogens is 1. The first-order valence-corrected chi connectivity index (χ1v) is 3.88. The third kappa shape index (κ3) is 1.90. The lowest BCUT2D eigenvalue weighted by atomic mass is 10.1. The molecule has 0 saturated carbocycles. The molecular weight excluding hydrogens is 194 g/mol. The SMILES string of the molecule is COc1[nH]c(=O)cc(C(F)F)c1CN. The summed E-state index contributed by atoms with van der Waals surface area (Å²) in [5.74, 6) is -0.00435. The van der Waals surface area contributed by atoms with Gasteiger partial charge >= 0.3 is 0 Å². The molecule has 0 aliphatic carbocycles. The maximum atomic E-state index is 12.4. The normalized spacial score (nSPS) is 10.6. The summed E-state index contributed by atoms with van der Waals surface area (Å²) in [4.78, 5) is 13.2. The topological polar surface area (TPSA) is 68.1 Å².